The first kappa shape index (κ1) is 17.1. The Morgan fingerprint density at radius 3 is 2.14 bits per heavy atom. The second-order valence-corrected chi connectivity index (χ2v) is 4.32. The molecule has 0 aliphatic rings. The number of hydrogen-bond donors (Lipinski definition) is 3. The highest BCUT2D eigenvalue weighted by Crippen LogP contribution is 2.28. The van der Waals surface area contributed by atoms with Gasteiger partial charge in [-0.05, 0) is 12.1 Å². The van der Waals surface area contributed by atoms with E-state index in [0.717, 1.165) is 5.69 Å². The van der Waals surface area contributed by atoms with Crippen molar-refractivity contribution >= 4 is 23.0 Å². The van der Waals surface area contributed by atoms with Crippen LogP contribution in [0, 0.1) is 0 Å². The molecule has 4 N–H and O–H groups in total. The number of ether oxygens (including phenoxy) is 3. The maximum atomic E-state index is 11.8. The van der Waals surface area contributed by atoms with Crippen molar-refractivity contribution in [3.63, 3.8) is 0 Å². The lowest BCUT2D eigenvalue weighted by Crippen LogP contribution is -2.15. The van der Waals surface area contributed by atoms with Gasteiger partial charge in [-0.2, -0.15) is 0 Å². The SMILES string of the molecule is COCCNc1cc(NCCOC)c(C(=O)OC)cc1N. The van der Waals surface area contributed by atoms with Crippen LogP contribution in [-0.2, 0) is 14.2 Å². The van der Waals surface area contributed by atoms with E-state index in [2.05, 4.69) is 10.6 Å². The molecule has 0 saturated carbocycles. The number of nitrogens with one attached hydrogen (secondary N) is 2. The molecule has 0 unspecified atom stereocenters. The lowest BCUT2D eigenvalue weighted by atomic mass is 10.1. The lowest BCUT2D eigenvalue weighted by molar-refractivity contribution is 0.0602. The van der Waals surface area contributed by atoms with Crippen LogP contribution in [0.25, 0.3) is 0 Å². The first-order valence-electron chi connectivity index (χ1n) is 6.61. The number of esters is 1. The molecule has 0 radical (unpaired) electrons. The topological polar surface area (TPSA) is 94.8 Å². The van der Waals surface area contributed by atoms with E-state index in [0.29, 0.717) is 43.2 Å². The summed E-state index contributed by atoms with van der Waals surface area (Å²) in [5, 5.41) is 6.29. The highest BCUT2D eigenvalue weighted by molar-refractivity contribution is 5.98. The molecule has 0 spiro atoms. The molecule has 0 amide bonds. The number of carbonyl (C=O) groups excluding carboxylic acids is 1. The highest BCUT2D eigenvalue weighted by Gasteiger charge is 2.15. The number of benzene rings is 1. The summed E-state index contributed by atoms with van der Waals surface area (Å²) in [5.74, 6) is -0.440. The quantitative estimate of drug-likeness (QED) is 0.358. The molecule has 21 heavy (non-hydrogen) atoms. The molecule has 0 aliphatic heterocycles. The van der Waals surface area contributed by atoms with Crippen LogP contribution in [-0.4, -0.2) is 53.6 Å². The molecule has 0 heterocycles. The van der Waals surface area contributed by atoms with E-state index in [9.17, 15) is 4.79 Å². The molecular weight excluding hydrogens is 274 g/mol. The predicted molar refractivity (Wildman–Crippen MR) is 82.9 cm³/mol. The summed E-state index contributed by atoms with van der Waals surface area (Å²) in [6.07, 6.45) is 0. The minimum absolute atomic E-state index is 0.392. The van der Waals surface area contributed by atoms with E-state index in [4.69, 9.17) is 19.9 Å². The van der Waals surface area contributed by atoms with Crippen LogP contribution < -0.4 is 16.4 Å². The Morgan fingerprint density at radius 2 is 1.62 bits per heavy atom. The number of methoxy groups -OCH3 is 3. The molecule has 0 saturated heterocycles. The molecule has 0 aliphatic carbocycles. The van der Waals surface area contributed by atoms with Gasteiger partial charge in [-0.1, -0.05) is 0 Å². The molecule has 1 aromatic carbocycles. The molecule has 0 bridgehead atoms. The maximum absolute atomic E-state index is 11.8. The number of carbonyl (C=O) groups is 1. The first-order chi connectivity index (χ1) is 10.1. The number of nitrogens with two attached hydrogens (primary N) is 1. The van der Waals surface area contributed by atoms with E-state index in [1.807, 2.05) is 0 Å². The van der Waals surface area contributed by atoms with Gasteiger partial charge >= 0.3 is 5.97 Å². The van der Waals surface area contributed by atoms with Crippen LogP contribution in [0.3, 0.4) is 0 Å². The Kier molecular flexibility index (Phi) is 7.34. The van der Waals surface area contributed by atoms with Crippen LogP contribution in [0.1, 0.15) is 10.4 Å². The summed E-state index contributed by atoms with van der Waals surface area (Å²) in [5.41, 5.74) is 8.21. The number of nitrogen functional groups attached to an aromatic ring is 1. The van der Waals surface area contributed by atoms with Crippen LogP contribution >= 0.6 is 0 Å². The zero-order chi connectivity index (χ0) is 15.7. The van der Waals surface area contributed by atoms with Crippen molar-refractivity contribution < 1.29 is 19.0 Å². The van der Waals surface area contributed by atoms with Crippen LogP contribution in [0.15, 0.2) is 12.1 Å². The molecule has 0 aromatic heterocycles. The monoisotopic (exact) mass is 297 g/mol. The summed E-state index contributed by atoms with van der Waals surface area (Å²) < 4.78 is 14.7. The van der Waals surface area contributed by atoms with Gasteiger partial charge in [0.2, 0.25) is 0 Å². The van der Waals surface area contributed by atoms with Gasteiger partial charge in [0.25, 0.3) is 0 Å². The van der Waals surface area contributed by atoms with Gasteiger partial charge in [-0.15, -0.1) is 0 Å². The predicted octanol–water partition coefficient (Wildman–Crippen LogP) is 1.17. The number of hydrogen-bond acceptors (Lipinski definition) is 7. The molecule has 0 atom stereocenters. The molecule has 118 valence electrons. The second-order valence-electron chi connectivity index (χ2n) is 4.32. The number of rotatable bonds is 9. The zero-order valence-electron chi connectivity index (χ0n) is 12.7. The Hall–Kier alpha value is -1.99. The van der Waals surface area contributed by atoms with E-state index >= 15 is 0 Å². The van der Waals surface area contributed by atoms with Crippen LogP contribution in [0.5, 0.6) is 0 Å². The summed E-state index contributed by atoms with van der Waals surface area (Å²) >= 11 is 0. The summed E-state index contributed by atoms with van der Waals surface area (Å²) in [6, 6.07) is 3.38. The Bertz CT molecular complexity index is 466. The average Bonchev–Trinajstić information content (AvgIpc) is 2.49. The van der Waals surface area contributed by atoms with Crippen molar-refractivity contribution in [3.05, 3.63) is 17.7 Å². The third-order valence-electron chi connectivity index (χ3n) is 2.84. The smallest absolute Gasteiger partial charge is 0.340 e. The Morgan fingerprint density at radius 1 is 1.05 bits per heavy atom. The standard InChI is InChI=1S/C14H23N3O4/c1-19-6-4-16-12-9-13(17-5-7-20-2)11(15)8-10(12)14(18)21-3/h8-9,16-17H,4-7,15H2,1-3H3. The van der Waals surface area contributed by atoms with Crippen molar-refractivity contribution in [1.82, 2.24) is 0 Å². The second kappa shape index (κ2) is 9.04. The van der Waals surface area contributed by atoms with Gasteiger partial charge in [0.15, 0.2) is 0 Å². The molecular formula is C14H23N3O4. The molecule has 1 aromatic rings. The Labute approximate surface area is 124 Å². The largest absolute Gasteiger partial charge is 0.465 e. The van der Waals surface area contributed by atoms with Gasteiger partial charge in [-0.3, -0.25) is 0 Å². The summed E-state index contributed by atoms with van der Waals surface area (Å²) in [7, 11) is 4.58. The van der Waals surface area contributed by atoms with Crippen molar-refractivity contribution in [2.24, 2.45) is 0 Å². The van der Waals surface area contributed by atoms with E-state index in [-0.39, 0.29) is 0 Å². The fourth-order valence-corrected chi connectivity index (χ4v) is 1.77. The summed E-state index contributed by atoms with van der Waals surface area (Å²) in [4.78, 5) is 11.8. The van der Waals surface area contributed by atoms with Crippen molar-refractivity contribution in [1.29, 1.82) is 0 Å². The maximum Gasteiger partial charge on any atom is 0.340 e. The average molecular weight is 297 g/mol. The third kappa shape index (κ3) is 5.13. The van der Waals surface area contributed by atoms with Gasteiger partial charge in [0.1, 0.15) is 0 Å². The van der Waals surface area contributed by atoms with Gasteiger partial charge in [-0.25, -0.2) is 4.79 Å². The summed E-state index contributed by atoms with van der Waals surface area (Å²) in [6.45, 7) is 2.28. The molecule has 7 nitrogen and oxygen atoms in total. The Balaban J connectivity index is 2.96. The van der Waals surface area contributed by atoms with Crippen LogP contribution in [0.4, 0.5) is 17.1 Å². The van der Waals surface area contributed by atoms with Gasteiger partial charge in [0.05, 0.1) is 42.9 Å². The van der Waals surface area contributed by atoms with Crippen molar-refractivity contribution in [2.45, 2.75) is 0 Å². The highest BCUT2D eigenvalue weighted by atomic mass is 16.5. The minimum Gasteiger partial charge on any atom is -0.465 e. The van der Waals surface area contributed by atoms with E-state index in [1.54, 1.807) is 26.4 Å². The van der Waals surface area contributed by atoms with Crippen LogP contribution in [0.2, 0.25) is 0 Å². The molecule has 0 fully saturated rings. The van der Waals surface area contributed by atoms with E-state index in [1.165, 1.54) is 7.11 Å². The lowest BCUT2D eigenvalue weighted by Gasteiger charge is -2.15. The number of anilines is 3. The van der Waals surface area contributed by atoms with Gasteiger partial charge < -0.3 is 30.6 Å². The fraction of sp³-hybridized carbons (Fsp3) is 0.500. The first-order valence-corrected chi connectivity index (χ1v) is 6.61. The van der Waals surface area contributed by atoms with Crippen molar-refractivity contribution in [2.75, 3.05) is 64.0 Å². The third-order valence-corrected chi connectivity index (χ3v) is 2.84. The fourth-order valence-electron chi connectivity index (χ4n) is 1.77. The molecule has 1 rings (SSSR count). The molecule has 7 heteroatoms. The minimum atomic E-state index is -0.440. The van der Waals surface area contributed by atoms with E-state index < -0.39 is 5.97 Å². The van der Waals surface area contributed by atoms with Gasteiger partial charge in [0, 0.05) is 27.3 Å². The zero-order valence-corrected chi connectivity index (χ0v) is 12.7. The van der Waals surface area contributed by atoms with Crippen molar-refractivity contribution in [3.8, 4) is 0 Å². The normalized spacial score (nSPS) is 10.2.